The van der Waals surface area contributed by atoms with Gasteiger partial charge in [-0.1, -0.05) is 30.3 Å². The highest BCUT2D eigenvalue weighted by molar-refractivity contribution is 6.05. The molecule has 1 heterocycles. The standard InChI is InChI=1S/C14H14N2O3/c1-19-14(18)7-13(17)12-8-15-16(10-12)9-11-5-3-2-4-6-11/h2-6,8,10H,7,9H2,1H3. The van der Waals surface area contributed by atoms with E-state index in [9.17, 15) is 9.59 Å². The van der Waals surface area contributed by atoms with E-state index in [1.54, 1.807) is 10.9 Å². The largest absolute Gasteiger partial charge is 0.469 e. The van der Waals surface area contributed by atoms with Crippen LogP contribution < -0.4 is 0 Å². The summed E-state index contributed by atoms with van der Waals surface area (Å²) in [6.07, 6.45) is 2.85. The second-order valence-electron chi connectivity index (χ2n) is 4.09. The Morgan fingerprint density at radius 2 is 2.00 bits per heavy atom. The van der Waals surface area contributed by atoms with Crippen molar-refractivity contribution < 1.29 is 14.3 Å². The third-order valence-electron chi connectivity index (χ3n) is 2.68. The molecule has 0 saturated carbocycles. The van der Waals surface area contributed by atoms with Crippen LogP contribution in [-0.4, -0.2) is 28.6 Å². The van der Waals surface area contributed by atoms with Gasteiger partial charge in [-0.15, -0.1) is 0 Å². The summed E-state index contributed by atoms with van der Waals surface area (Å²) in [5, 5.41) is 4.11. The fourth-order valence-electron chi connectivity index (χ4n) is 1.67. The Kier molecular flexibility index (Phi) is 4.07. The number of rotatable bonds is 5. The summed E-state index contributed by atoms with van der Waals surface area (Å²) in [4.78, 5) is 22.7. The van der Waals surface area contributed by atoms with Crippen molar-refractivity contribution >= 4 is 11.8 Å². The number of ether oxygens (including phenoxy) is 1. The molecule has 0 aliphatic rings. The van der Waals surface area contributed by atoms with E-state index in [-0.39, 0.29) is 12.2 Å². The molecule has 1 aromatic heterocycles. The normalized spacial score (nSPS) is 10.2. The first-order valence-electron chi connectivity index (χ1n) is 5.85. The van der Waals surface area contributed by atoms with Gasteiger partial charge in [0.05, 0.1) is 25.4 Å². The van der Waals surface area contributed by atoms with E-state index in [0.717, 1.165) is 5.56 Å². The molecule has 0 radical (unpaired) electrons. The van der Waals surface area contributed by atoms with Crippen molar-refractivity contribution in [1.29, 1.82) is 0 Å². The molecule has 19 heavy (non-hydrogen) atoms. The maximum atomic E-state index is 11.7. The van der Waals surface area contributed by atoms with Gasteiger partial charge in [0.15, 0.2) is 5.78 Å². The molecular weight excluding hydrogens is 244 g/mol. The number of benzene rings is 1. The third-order valence-corrected chi connectivity index (χ3v) is 2.68. The summed E-state index contributed by atoms with van der Waals surface area (Å²) in [5.41, 5.74) is 1.51. The van der Waals surface area contributed by atoms with Crippen LogP contribution in [0.1, 0.15) is 22.3 Å². The van der Waals surface area contributed by atoms with Crippen LogP contribution in [-0.2, 0) is 16.1 Å². The maximum Gasteiger partial charge on any atom is 0.313 e. The molecular formula is C14H14N2O3. The average Bonchev–Trinajstić information content (AvgIpc) is 2.88. The molecule has 0 aliphatic carbocycles. The van der Waals surface area contributed by atoms with Crippen molar-refractivity contribution in [1.82, 2.24) is 9.78 Å². The molecule has 0 unspecified atom stereocenters. The zero-order valence-corrected chi connectivity index (χ0v) is 10.6. The Hall–Kier alpha value is -2.43. The van der Waals surface area contributed by atoms with Gasteiger partial charge >= 0.3 is 5.97 Å². The van der Waals surface area contributed by atoms with Gasteiger partial charge in [0.1, 0.15) is 6.42 Å². The zero-order valence-electron chi connectivity index (χ0n) is 10.6. The number of carbonyl (C=O) groups is 2. The fraction of sp³-hybridized carbons (Fsp3) is 0.214. The van der Waals surface area contributed by atoms with Crippen LogP contribution >= 0.6 is 0 Å². The van der Waals surface area contributed by atoms with E-state index >= 15 is 0 Å². The zero-order chi connectivity index (χ0) is 13.7. The molecule has 5 heteroatoms. The van der Waals surface area contributed by atoms with Gasteiger partial charge < -0.3 is 4.74 Å². The number of carbonyl (C=O) groups excluding carboxylic acids is 2. The smallest absolute Gasteiger partial charge is 0.313 e. The molecule has 2 aromatic rings. The highest BCUT2D eigenvalue weighted by Crippen LogP contribution is 2.06. The quantitative estimate of drug-likeness (QED) is 0.465. The highest BCUT2D eigenvalue weighted by atomic mass is 16.5. The summed E-state index contributed by atoms with van der Waals surface area (Å²) in [5.74, 6) is -0.827. The Labute approximate surface area is 110 Å². The van der Waals surface area contributed by atoms with Gasteiger partial charge in [-0.2, -0.15) is 5.10 Å². The number of hydrogen-bond acceptors (Lipinski definition) is 4. The molecule has 0 amide bonds. The lowest BCUT2D eigenvalue weighted by Gasteiger charge is -2.00. The lowest BCUT2D eigenvalue weighted by atomic mass is 10.2. The van der Waals surface area contributed by atoms with Crippen LogP contribution in [0.5, 0.6) is 0 Å². The summed E-state index contributed by atoms with van der Waals surface area (Å²) >= 11 is 0. The van der Waals surface area contributed by atoms with Crippen molar-refractivity contribution in [2.75, 3.05) is 7.11 Å². The molecule has 0 saturated heterocycles. The first-order valence-corrected chi connectivity index (χ1v) is 5.85. The van der Waals surface area contributed by atoms with E-state index in [4.69, 9.17) is 0 Å². The Balaban J connectivity index is 2.03. The lowest BCUT2D eigenvalue weighted by molar-refractivity contribution is -0.139. The summed E-state index contributed by atoms with van der Waals surface area (Å²) in [6, 6.07) is 9.80. The number of nitrogens with zero attached hydrogens (tertiary/aromatic N) is 2. The summed E-state index contributed by atoms with van der Waals surface area (Å²) in [6.45, 7) is 0.590. The molecule has 0 aliphatic heterocycles. The van der Waals surface area contributed by atoms with Crippen LogP contribution in [0.15, 0.2) is 42.7 Å². The van der Waals surface area contributed by atoms with Crippen LogP contribution in [0, 0.1) is 0 Å². The van der Waals surface area contributed by atoms with E-state index in [1.165, 1.54) is 13.3 Å². The van der Waals surface area contributed by atoms with Gasteiger partial charge in [-0.05, 0) is 5.56 Å². The summed E-state index contributed by atoms with van der Waals surface area (Å²) < 4.78 is 6.12. The van der Waals surface area contributed by atoms with Crippen molar-refractivity contribution in [3.05, 3.63) is 53.9 Å². The fourth-order valence-corrected chi connectivity index (χ4v) is 1.67. The topological polar surface area (TPSA) is 61.2 Å². The predicted molar refractivity (Wildman–Crippen MR) is 68.7 cm³/mol. The van der Waals surface area contributed by atoms with E-state index < -0.39 is 5.97 Å². The first kappa shape index (κ1) is 13.0. The molecule has 2 rings (SSSR count). The van der Waals surface area contributed by atoms with Crippen molar-refractivity contribution in [2.24, 2.45) is 0 Å². The van der Waals surface area contributed by atoms with Gasteiger partial charge in [0.25, 0.3) is 0 Å². The van der Waals surface area contributed by atoms with E-state index in [1.807, 2.05) is 30.3 Å². The van der Waals surface area contributed by atoms with Gasteiger partial charge in [-0.25, -0.2) is 0 Å². The molecule has 0 N–H and O–H groups in total. The molecule has 0 atom stereocenters. The minimum absolute atomic E-state index is 0.256. The van der Waals surface area contributed by atoms with Gasteiger partial charge in [0, 0.05) is 6.20 Å². The second-order valence-corrected chi connectivity index (χ2v) is 4.09. The third kappa shape index (κ3) is 3.51. The average molecular weight is 258 g/mol. The minimum atomic E-state index is -0.541. The number of methoxy groups -OCH3 is 1. The van der Waals surface area contributed by atoms with E-state index in [2.05, 4.69) is 9.84 Å². The Morgan fingerprint density at radius 3 is 2.68 bits per heavy atom. The van der Waals surface area contributed by atoms with Gasteiger partial charge in [-0.3, -0.25) is 14.3 Å². The number of esters is 1. The highest BCUT2D eigenvalue weighted by Gasteiger charge is 2.13. The van der Waals surface area contributed by atoms with Crippen molar-refractivity contribution in [2.45, 2.75) is 13.0 Å². The van der Waals surface area contributed by atoms with Crippen molar-refractivity contribution in [3.63, 3.8) is 0 Å². The SMILES string of the molecule is COC(=O)CC(=O)c1cnn(Cc2ccccc2)c1. The second kappa shape index (κ2) is 5.95. The molecule has 98 valence electrons. The lowest BCUT2D eigenvalue weighted by Crippen LogP contribution is -2.09. The monoisotopic (exact) mass is 258 g/mol. The number of hydrogen-bond donors (Lipinski definition) is 0. The molecule has 5 nitrogen and oxygen atoms in total. The minimum Gasteiger partial charge on any atom is -0.469 e. The number of aromatic nitrogens is 2. The Bertz CT molecular complexity index is 575. The van der Waals surface area contributed by atoms with Crippen molar-refractivity contribution in [3.8, 4) is 0 Å². The predicted octanol–water partition coefficient (Wildman–Crippen LogP) is 1.68. The maximum absolute atomic E-state index is 11.7. The van der Waals surface area contributed by atoms with Crippen LogP contribution in [0.4, 0.5) is 0 Å². The first-order chi connectivity index (χ1) is 9.19. The van der Waals surface area contributed by atoms with Gasteiger partial charge in [0.2, 0.25) is 0 Å². The molecule has 0 bridgehead atoms. The molecule has 0 spiro atoms. The number of Topliss-reactive ketones (excluding diaryl/α,β-unsaturated/α-hetero) is 1. The molecule has 0 fully saturated rings. The van der Waals surface area contributed by atoms with Crippen LogP contribution in [0.25, 0.3) is 0 Å². The Morgan fingerprint density at radius 1 is 1.26 bits per heavy atom. The van der Waals surface area contributed by atoms with Crippen LogP contribution in [0.3, 0.4) is 0 Å². The van der Waals surface area contributed by atoms with E-state index in [0.29, 0.717) is 12.1 Å². The number of ketones is 1. The van der Waals surface area contributed by atoms with Crippen LogP contribution in [0.2, 0.25) is 0 Å². The summed E-state index contributed by atoms with van der Waals surface area (Å²) in [7, 11) is 1.26. The molecule has 1 aromatic carbocycles.